The van der Waals surface area contributed by atoms with Crippen LogP contribution in [0.1, 0.15) is 12.0 Å². The van der Waals surface area contributed by atoms with Crippen molar-refractivity contribution in [3.63, 3.8) is 0 Å². The van der Waals surface area contributed by atoms with Gasteiger partial charge in [0.25, 0.3) is 0 Å². The Labute approximate surface area is 90.8 Å². The molecule has 1 aromatic rings. The average molecular weight is 210 g/mol. The van der Waals surface area contributed by atoms with Crippen LogP contribution in [0, 0.1) is 0 Å². The zero-order chi connectivity index (χ0) is 10.2. The largest absolute Gasteiger partial charge is 0.312 e. The lowest BCUT2D eigenvalue weighted by atomic mass is 10.1. The van der Waals surface area contributed by atoms with Crippen molar-refractivity contribution in [2.24, 2.45) is 0 Å². The van der Waals surface area contributed by atoms with Gasteiger partial charge in [-0.25, -0.2) is 0 Å². The van der Waals surface area contributed by atoms with E-state index in [1.165, 1.54) is 5.56 Å². The van der Waals surface area contributed by atoms with Crippen molar-refractivity contribution in [3.8, 4) is 0 Å². The summed E-state index contributed by atoms with van der Waals surface area (Å²) in [6, 6.07) is 10.5. The van der Waals surface area contributed by atoms with Gasteiger partial charge in [-0.05, 0) is 24.9 Å². The molecule has 0 saturated carbocycles. The minimum Gasteiger partial charge on any atom is -0.312 e. The summed E-state index contributed by atoms with van der Waals surface area (Å²) in [6.07, 6.45) is 2.25. The molecule has 2 heteroatoms. The minimum atomic E-state index is 0.671. The van der Waals surface area contributed by atoms with Gasteiger partial charge in [0.1, 0.15) is 0 Å². The Balaban J connectivity index is 2.08. The zero-order valence-electron chi connectivity index (χ0n) is 8.30. The molecule has 0 aromatic heterocycles. The van der Waals surface area contributed by atoms with Crippen LogP contribution in [0.5, 0.6) is 0 Å². The maximum Gasteiger partial charge on any atom is 0.0307 e. The number of nitrogens with one attached hydrogen (secondary N) is 1. The van der Waals surface area contributed by atoms with E-state index in [9.17, 15) is 0 Å². The summed E-state index contributed by atoms with van der Waals surface area (Å²) < 4.78 is 0. The second-order valence-corrected chi connectivity index (χ2v) is 3.82. The topological polar surface area (TPSA) is 12.0 Å². The molecule has 0 heterocycles. The van der Waals surface area contributed by atoms with E-state index in [0.29, 0.717) is 11.6 Å². The summed E-state index contributed by atoms with van der Waals surface area (Å²) in [5.41, 5.74) is 1.39. The molecule has 0 aliphatic carbocycles. The van der Waals surface area contributed by atoms with Crippen LogP contribution in [0.15, 0.2) is 41.9 Å². The van der Waals surface area contributed by atoms with Crippen molar-refractivity contribution in [3.05, 3.63) is 47.5 Å². The molecule has 0 radical (unpaired) electrons. The molecule has 0 saturated heterocycles. The van der Waals surface area contributed by atoms with E-state index in [0.717, 1.165) is 19.4 Å². The van der Waals surface area contributed by atoms with Crippen molar-refractivity contribution in [2.75, 3.05) is 13.1 Å². The standard InChI is InChI=1S/C12H16ClN/c1-11(13)10-14-9-5-8-12-6-3-2-4-7-12/h2-4,6-7,14H,1,5,8-10H2. The highest BCUT2D eigenvalue weighted by Gasteiger charge is 1.92. The van der Waals surface area contributed by atoms with E-state index in [-0.39, 0.29) is 0 Å². The van der Waals surface area contributed by atoms with Gasteiger partial charge in [-0.15, -0.1) is 0 Å². The Morgan fingerprint density at radius 3 is 2.64 bits per heavy atom. The highest BCUT2D eigenvalue weighted by atomic mass is 35.5. The fourth-order valence-electron chi connectivity index (χ4n) is 1.29. The summed E-state index contributed by atoms with van der Waals surface area (Å²) in [6.45, 7) is 5.31. The zero-order valence-corrected chi connectivity index (χ0v) is 9.06. The lowest BCUT2D eigenvalue weighted by Crippen LogP contribution is -2.17. The molecule has 1 nitrogen and oxygen atoms in total. The molecule has 0 amide bonds. The normalized spacial score (nSPS) is 10.1. The van der Waals surface area contributed by atoms with E-state index < -0.39 is 0 Å². The van der Waals surface area contributed by atoms with Gasteiger partial charge in [0.15, 0.2) is 0 Å². The van der Waals surface area contributed by atoms with E-state index >= 15 is 0 Å². The third-order valence-corrected chi connectivity index (χ3v) is 2.11. The molecular weight excluding hydrogens is 194 g/mol. The second-order valence-electron chi connectivity index (χ2n) is 3.28. The SMILES string of the molecule is C=C(Cl)CNCCCc1ccccc1. The Morgan fingerprint density at radius 2 is 2.00 bits per heavy atom. The van der Waals surface area contributed by atoms with E-state index in [1.54, 1.807) is 0 Å². The average Bonchev–Trinajstić information content (AvgIpc) is 2.18. The van der Waals surface area contributed by atoms with Crippen molar-refractivity contribution >= 4 is 11.6 Å². The van der Waals surface area contributed by atoms with E-state index in [4.69, 9.17) is 11.6 Å². The van der Waals surface area contributed by atoms with Crippen LogP contribution < -0.4 is 5.32 Å². The molecule has 76 valence electrons. The number of hydrogen-bond acceptors (Lipinski definition) is 1. The predicted molar refractivity (Wildman–Crippen MR) is 62.6 cm³/mol. The molecule has 0 aliphatic heterocycles. The van der Waals surface area contributed by atoms with Crippen LogP contribution in [-0.4, -0.2) is 13.1 Å². The van der Waals surface area contributed by atoms with Gasteiger partial charge in [-0.1, -0.05) is 48.5 Å². The van der Waals surface area contributed by atoms with Gasteiger partial charge in [0.05, 0.1) is 0 Å². The molecule has 0 unspecified atom stereocenters. The monoisotopic (exact) mass is 209 g/mol. The summed E-state index contributed by atoms with van der Waals surface area (Å²) in [5.74, 6) is 0. The Kier molecular flexibility index (Phi) is 5.35. The van der Waals surface area contributed by atoms with Crippen molar-refractivity contribution in [2.45, 2.75) is 12.8 Å². The molecule has 1 aromatic carbocycles. The molecule has 0 spiro atoms. The quantitative estimate of drug-likeness (QED) is 0.711. The number of halogens is 1. The predicted octanol–water partition coefficient (Wildman–Crippen LogP) is 2.96. The van der Waals surface area contributed by atoms with Crippen LogP contribution in [0.2, 0.25) is 0 Å². The molecule has 0 fully saturated rings. The van der Waals surface area contributed by atoms with Gasteiger partial charge in [-0.3, -0.25) is 0 Å². The van der Waals surface area contributed by atoms with E-state index in [1.807, 2.05) is 6.07 Å². The summed E-state index contributed by atoms with van der Waals surface area (Å²) in [7, 11) is 0. The summed E-state index contributed by atoms with van der Waals surface area (Å²) in [5, 5.41) is 3.89. The van der Waals surface area contributed by atoms with Crippen molar-refractivity contribution < 1.29 is 0 Å². The fourth-order valence-corrected chi connectivity index (χ4v) is 1.38. The Morgan fingerprint density at radius 1 is 1.29 bits per heavy atom. The molecular formula is C12H16ClN. The van der Waals surface area contributed by atoms with Crippen LogP contribution in [0.25, 0.3) is 0 Å². The first-order valence-corrected chi connectivity index (χ1v) is 5.25. The first-order chi connectivity index (χ1) is 6.79. The van der Waals surface area contributed by atoms with Gasteiger partial charge < -0.3 is 5.32 Å². The number of benzene rings is 1. The lowest BCUT2D eigenvalue weighted by Gasteiger charge is -2.03. The van der Waals surface area contributed by atoms with Crippen LogP contribution >= 0.6 is 11.6 Å². The van der Waals surface area contributed by atoms with Crippen LogP contribution in [-0.2, 0) is 6.42 Å². The van der Waals surface area contributed by atoms with Gasteiger partial charge >= 0.3 is 0 Å². The highest BCUT2D eigenvalue weighted by molar-refractivity contribution is 6.29. The minimum absolute atomic E-state index is 0.671. The van der Waals surface area contributed by atoms with E-state index in [2.05, 4.69) is 36.2 Å². The second kappa shape index (κ2) is 6.63. The maximum atomic E-state index is 5.62. The molecule has 14 heavy (non-hydrogen) atoms. The summed E-state index contributed by atoms with van der Waals surface area (Å²) >= 11 is 5.62. The van der Waals surface area contributed by atoms with Crippen molar-refractivity contribution in [1.82, 2.24) is 5.32 Å². The van der Waals surface area contributed by atoms with Crippen molar-refractivity contribution in [1.29, 1.82) is 0 Å². The molecule has 0 atom stereocenters. The van der Waals surface area contributed by atoms with Gasteiger partial charge in [0.2, 0.25) is 0 Å². The summed E-state index contributed by atoms with van der Waals surface area (Å²) in [4.78, 5) is 0. The highest BCUT2D eigenvalue weighted by Crippen LogP contribution is 2.01. The first-order valence-electron chi connectivity index (χ1n) is 4.87. The third-order valence-electron chi connectivity index (χ3n) is 1.98. The fraction of sp³-hybridized carbons (Fsp3) is 0.333. The molecule has 1 N–H and O–H groups in total. The van der Waals surface area contributed by atoms with Gasteiger partial charge in [0, 0.05) is 11.6 Å². The van der Waals surface area contributed by atoms with Gasteiger partial charge in [-0.2, -0.15) is 0 Å². The number of hydrogen-bond donors (Lipinski definition) is 1. The molecule has 0 aliphatic rings. The number of aryl methyl sites for hydroxylation is 1. The first kappa shape index (κ1) is 11.3. The Bertz CT molecular complexity index is 269. The number of rotatable bonds is 6. The third kappa shape index (κ3) is 5.05. The maximum absolute atomic E-state index is 5.62. The molecule has 1 rings (SSSR count). The Hall–Kier alpha value is -0.790. The smallest absolute Gasteiger partial charge is 0.0307 e. The lowest BCUT2D eigenvalue weighted by molar-refractivity contribution is 0.690. The molecule has 0 bridgehead atoms. The van der Waals surface area contributed by atoms with Crippen LogP contribution in [0.4, 0.5) is 0 Å². The van der Waals surface area contributed by atoms with Crippen LogP contribution in [0.3, 0.4) is 0 Å².